The molecule has 0 amide bonds. The average molecular weight is 297 g/mol. The first-order chi connectivity index (χ1) is 9.56. The highest BCUT2D eigenvalue weighted by atomic mass is 35.5. The molecule has 4 nitrogen and oxygen atoms in total. The van der Waals surface area contributed by atoms with Gasteiger partial charge in [0.2, 0.25) is 0 Å². The van der Waals surface area contributed by atoms with E-state index in [9.17, 15) is 5.11 Å². The van der Waals surface area contributed by atoms with Crippen LogP contribution in [0.2, 0.25) is 5.02 Å². The van der Waals surface area contributed by atoms with Crippen LogP contribution in [0.25, 0.3) is 10.9 Å². The molecule has 1 heterocycles. The SMILES string of the molecule is Cc1c(C)n(C[C@@H](O)CNCCO)c2c(Cl)cccc12. The second-order valence-corrected chi connectivity index (χ2v) is 5.45. The summed E-state index contributed by atoms with van der Waals surface area (Å²) in [6.07, 6.45) is -0.522. The number of fused-ring (bicyclic) bond motifs is 1. The summed E-state index contributed by atoms with van der Waals surface area (Å²) in [5, 5.41) is 23.7. The molecule has 0 aliphatic carbocycles. The highest BCUT2D eigenvalue weighted by Crippen LogP contribution is 2.30. The summed E-state index contributed by atoms with van der Waals surface area (Å²) in [7, 11) is 0. The van der Waals surface area contributed by atoms with Crippen LogP contribution < -0.4 is 5.32 Å². The molecule has 0 fully saturated rings. The zero-order chi connectivity index (χ0) is 14.7. The number of hydrogen-bond acceptors (Lipinski definition) is 3. The fourth-order valence-electron chi connectivity index (χ4n) is 2.51. The van der Waals surface area contributed by atoms with Crippen LogP contribution in [0.1, 0.15) is 11.3 Å². The molecule has 1 atom stereocenters. The Balaban J connectivity index is 2.27. The van der Waals surface area contributed by atoms with Crippen LogP contribution in [0, 0.1) is 13.8 Å². The molecule has 0 radical (unpaired) electrons. The molecule has 0 spiro atoms. The van der Waals surface area contributed by atoms with E-state index in [1.54, 1.807) is 0 Å². The molecule has 5 heteroatoms. The standard InChI is InChI=1S/C15H21ClN2O2/c1-10-11(2)18(9-12(20)8-17-6-7-19)15-13(10)4-3-5-14(15)16/h3-5,12,17,19-20H,6-9H2,1-2H3/t12-/m0/s1. The monoisotopic (exact) mass is 296 g/mol. The van der Waals surface area contributed by atoms with Crippen LogP contribution in [0.3, 0.4) is 0 Å². The number of rotatable bonds is 6. The van der Waals surface area contributed by atoms with E-state index in [0.717, 1.165) is 16.6 Å². The number of hydrogen-bond donors (Lipinski definition) is 3. The van der Waals surface area contributed by atoms with Gasteiger partial charge in [0.25, 0.3) is 0 Å². The van der Waals surface area contributed by atoms with Gasteiger partial charge in [-0.3, -0.25) is 0 Å². The molecule has 110 valence electrons. The fourth-order valence-corrected chi connectivity index (χ4v) is 2.79. The highest BCUT2D eigenvalue weighted by Gasteiger charge is 2.15. The zero-order valence-corrected chi connectivity index (χ0v) is 12.6. The molecule has 0 aliphatic heterocycles. The lowest BCUT2D eigenvalue weighted by molar-refractivity contribution is 0.149. The van der Waals surface area contributed by atoms with Crippen molar-refractivity contribution in [3.8, 4) is 0 Å². The van der Waals surface area contributed by atoms with Gasteiger partial charge in [0.05, 0.1) is 29.8 Å². The maximum atomic E-state index is 10.1. The van der Waals surface area contributed by atoms with Gasteiger partial charge in [0, 0.05) is 24.2 Å². The first kappa shape index (κ1) is 15.3. The summed E-state index contributed by atoms with van der Waals surface area (Å²) < 4.78 is 2.07. The third-order valence-electron chi connectivity index (χ3n) is 3.67. The number of benzene rings is 1. The van der Waals surface area contributed by atoms with Gasteiger partial charge in [0.1, 0.15) is 0 Å². The second kappa shape index (κ2) is 6.59. The molecular formula is C15H21ClN2O2. The van der Waals surface area contributed by atoms with Gasteiger partial charge in [-0.25, -0.2) is 0 Å². The Morgan fingerprint density at radius 3 is 2.80 bits per heavy atom. The van der Waals surface area contributed by atoms with E-state index in [0.29, 0.717) is 24.7 Å². The van der Waals surface area contributed by atoms with Gasteiger partial charge in [-0.2, -0.15) is 0 Å². The predicted octanol–water partition coefficient (Wildman–Crippen LogP) is 1.85. The molecule has 0 bridgehead atoms. The van der Waals surface area contributed by atoms with Gasteiger partial charge in [0.15, 0.2) is 0 Å². The number of aryl methyl sites for hydroxylation is 1. The fraction of sp³-hybridized carbons (Fsp3) is 0.467. The highest BCUT2D eigenvalue weighted by molar-refractivity contribution is 6.35. The number of nitrogens with one attached hydrogen (secondary N) is 1. The smallest absolute Gasteiger partial charge is 0.0843 e. The third kappa shape index (κ3) is 2.99. The molecule has 2 aromatic rings. The van der Waals surface area contributed by atoms with E-state index < -0.39 is 6.10 Å². The molecular weight excluding hydrogens is 276 g/mol. The summed E-state index contributed by atoms with van der Waals surface area (Å²) in [6.45, 7) is 5.60. The number of aromatic nitrogens is 1. The normalized spacial score (nSPS) is 13.1. The van der Waals surface area contributed by atoms with E-state index >= 15 is 0 Å². The first-order valence-corrected chi connectivity index (χ1v) is 7.17. The van der Waals surface area contributed by atoms with Crippen molar-refractivity contribution in [3.05, 3.63) is 34.5 Å². The molecule has 0 saturated heterocycles. The van der Waals surface area contributed by atoms with Crippen LogP contribution in [-0.4, -0.2) is 40.6 Å². The minimum atomic E-state index is -0.522. The Morgan fingerprint density at radius 1 is 1.35 bits per heavy atom. The van der Waals surface area contributed by atoms with Gasteiger partial charge in [-0.1, -0.05) is 23.7 Å². The largest absolute Gasteiger partial charge is 0.395 e. The topological polar surface area (TPSA) is 57.4 Å². The molecule has 1 aromatic carbocycles. The number of aliphatic hydroxyl groups excluding tert-OH is 2. The number of para-hydroxylation sites is 1. The Labute approximate surface area is 124 Å². The Bertz CT molecular complexity index is 595. The Kier molecular flexibility index (Phi) is 5.05. The van der Waals surface area contributed by atoms with Gasteiger partial charge in [-0.05, 0) is 25.5 Å². The van der Waals surface area contributed by atoms with Crippen molar-refractivity contribution in [1.29, 1.82) is 0 Å². The van der Waals surface area contributed by atoms with Crippen molar-refractivity contribution in [2.24, 2.45) is 0 Å². The maximum Gasteiger partial charge on any atom is 0.0843 e. The third-order valence-corrected chi connectivity index (χ3v) is 3.98. The average Bonchev–Trinajstić information content (AvgIpc) is 2.66. The van der Waals surface area contributed by atoms with Crippen LogP contribution in [0.5, 0.6) is 0 Å². The van der Waals surface area contributed by atoms with Gasteiger partial charge in [-0.15, -0.1) is 0 Å². The molecule has 1 aromatic heterocycles. The van der Waals surface area contributed by atoms with Crippen LogP contribution >= 0.6 is 11.6 Å². The minimum absolute atomic E-state index is 0.0726. The molecule has 0 saturated carbocycles. The molecule has 20 heavy (non-hydrogen) atoms. The molecule has 2 rings (SSSR count). The van der Waals surface area contributed by atoms with Crippen LogP contribution in [0.4, 0.5) is 0 Å². The van der Waals surface area contributed by atoms with E-state index in [1.807, 2.05) is 19.1 Å². The minimum Gasteiger partial charge on any atom is -0.395 e. The van der Waals surface area contributed by atoms with Gasteiger partial charge < -0.3 is 20.1 Å². The number of halogens is 1. The molecule has 0 unspecified atom stereocenters. The Hall–Kier alpha value is -1.07. The van der Waals surface area contributed by atoms with Crippen molar-refractivity contribution < 1.29 is 10.2 Å². The van der Waals surface area contributed by atoms with E-state index in [1.165, 1.54) is 5.56 Å². The van der Waals surface area contributed by atoms with Crippen molar-refractivity contribution in [3.63, 3.8) is 0 Å². The van der Waals surface area contributed by atoms with Crippen molar-refractivity contribution >= 4 is 22.5 Å². The van der Waals surface area contributed by atoms with E-state index in [2.05, 4.69) is 22.9 Å². The Morgan fingerprint density at radius 2 is 2.10 bits per heavy atom. The number of aliphatic hydroxyl groups is 2. The van der Waals surface area contributed by atoms with E-state index in [-0.39, 0.29) is 6.61 Å². The molecule has 0 aliphatic rings. The second-order valence-electron chi connectivity index (χ2n) is 5.04. The lowest BCUT2D eigenvalue weighted by Gasteiger charge is -2.15. The van der Waals surface area contributed by atoms with Gasteiger partial charge >= 0.3 is 0 Å². The summed E-state index contributed by atoms with van der Waals surface area (Å²) in [6, 6.07) is 5.87. The van der Waals surface area contributed by atoms with Crippen molar-refractivity contribution in [1.82, 2.24) is 9.88 Å². The zero-order valence-electron chi connectivity index (χ0n) is 11.9. The predicted molar refractivity (Wildman–Crippen MR) is 82.4 cm³/mol. The lowest BCUT2D eigenvalue weighted by atomic mass is 10.2. The summed E-state index contributed by atoms with van der Waals surface area (Å²) >= 11 is 6.31. The quantitative estimate of drug-likeness (QED) is 0.713. The van der Waals surface area contributed by atoms with Crippen molar-refractivity contribution in [2.45, 2.75) is 26.5 Å². The lowest BCUT2D eigenvalue weighted by Crippen LogP contribution is -2.32. The van der Waals surface area contributed by atoms with E-state index in [4.69, 9.17) is 16.7 Å². The van der Waals surface area contributed by atoms with Crippen LogP contribution in [0.15, 0.2) is 18.2 Å². The summed E-state index contributed by atoms with van der Waals surface area (Å²) in [5.74, 6) is 0. The van der Waals surface area contributed by atoms with Crippen molar-refractivity contribution in [2.75, 3.05) is 19.7 Å². The summed E-state index contributed by atoms with van der Waals surface area (Å²) in [5.41, 5.74) is 3.29. The molecule has 3 N–H and O–H groups in total. The van der Waals surface area contributed by atoms with Crippen LogP contribution in [-0.2, 0) is 6.54 Å². The number of nitrogens with zero attached hydrogens (tertiary/aromatic N) is 1. The maximum absolute atomic E-state index is 10.1. The summed E-state index contributed by atoms with van der Waals surface area (Å²) in [4.78, 5) is 0. The first-order valence-electron chi connectivity index (χ1n) is 6.79.